The first-order chi connectivity index (χ1) is 10.1. The number of hydrogen-bond acceptors (Lipinski definition) is 2. The van der Waals surface area contributed by atoms with Crippen LogP contribution < -0.4 is 4.90 Å². The van der Waals surface area contributed by atoms with Crippen molar-refractivity contribution >= 4 is 24.2 Å². The molecule has 0 radical (unpaired) electrons. The topological polar surface area (TPSA) is 20.3 Å². The van der Waals surface area contributed by atoms with Gasteiger partial charge in [0.1, 0.15) is 0 Å². The number of rotatable bonds is 2. The molecule has 0 N–H and O–H groups in total. The monoisotopic (exact) mass is 297 g/mol. The minimum Gasteiger partial charge on any atom is -0.309 e. The molecule has 1 heterocycles. The Morgan fingerprint density at radius 3 is 2.67 bits per heavy atom. The summed E-state index contributed by atoms with van der Waals surface area (Å²) in [6, 6.07) is 16.3. The van der Waals surface area contributed by atoms with Crippen molar-refractivity contribution in [2.45, 2.75) is 37.1 Å². The van der Waals surface area contributed by atoms with Crippen LogP contribution in [0.3, 0.4) is 0 Å². The van der Waals surface area contributed by atoms with E-state index in [-0.39, 0.29) is 11.9 Å². The molecule has 108 valence electrons. The maximum absolute atomic E-state index is 12.7. The van der Waals surface area contributed by atoms with Crippen LogP contribution in [0.1, 0.15) is 24.5 Å². The molecule has 2 aromatic rings. The first kappa shape index (κ1) is 14.2. The van der Waals surface area contributed by atoms with Crippen molar-refractivity contribution in [1.82, 2.24) is 0 Å². The van der Waals surface area contributed by atoms with Crippen molar-refractivity contribution < 1.29 is 4.79 Å². The minimum absolute atomic E-state index is 0.168. The minimum atomic E-state index is 0.168. The number of carbonyl (C=O) groups is 1. The molecule has 1 atom stereocenters. The normalized spacial score (nSPS) is 17.4. The number of para-hydroxylation sites is 1. The van der Waals surface area contributed by atoms with Crippen LogP contribution in [0.15, 0.2) is 53.4 Å². The van der Waals surface area contributed by atoms with E-state index in [1.165, 1.54) is 5.56 Å². The van der Waals surface area contributed by atoms with Gasteiger partial charge in [0.2, 0.25) is 5.91 Å². The van der Waals surface area contributed by atoms with E-state index in [0.29, 0.717) is 6.42 Å². The summed E-state index contributed by atoms with van der Waals surface area (Å²) in [4.78, 5) is 15.6. The van der Waals surface area contributed by atoms with E-state index >= 15 is 0 Å². The van der Waals surface area contributed by atoms with Gasteiger partial charge in [-0.25, -0.2) is 0 Å². The number of carbonyl (C=O) groups excluding carboxylic acids is 1. The lowest BCUT2D eigenvalue weighted by molar-refractivity contribution is -0.118. The molecule has 2 nitrogen and oxygen atoms in total. The number of benzene rings is 2. The van der Waals surface area contributed by atoms with Gasteiger partial charge in [0.15, 0.2) is 0 Å². The van der Waals surface area contributed by atoms with Crippen molar-refractivity contribution in [1.29, 1.82) is 0 Å². The molecule has 0 fully saturated rings. The van der Waals surface area contributed by atoms with Crippen LogP contribution >= 0.6 is 12.6 Å². The fourth-order valence-electron chi connectivity index (χ4n) is 2.94. The number of amides is 1. The second kappa shape index (κ2) is 5.94. The largest absolute Gasteiger partial charge is 0.309 e. The SMILES string of the molecule is CC1CCc2ccccc2N1C(=O)Cc1ccc(S)cc1. The van der Waals surface area contributed by atoms with Gasteiger partial charge in [0.05, 0.1) is 6.42 Å². The molecule has 1 aliphatic heterocycles. The molecule has 0 bridgehead atoms. The quantitative estimate of drug-likeness (QED) is 0.834. The average molecular weight is 297 g/mol. The zero-order chi connectivity index (χ0) is 14.8. The first-order valence-corrected chi connectivity index (χ1v) is 7.78. The molecule has 3 heteroatoms. The Labute approximate surface area is 131 Å². The lowest BCUT2D eigenvalue weighted by Gasteiger charge is -2.35. The van der Waals surface area contributed by atoms with Crippen molar-refractivity contribution in [3.05, 3.63) is 59.7 Å². The van der Waals surface area contributed by atoms with E-state index in [9.17, 15) is 4.79 Å². The van der Waals surface area contributed by atoms with Gasteiger partial charge in [-0.05, 0) is 49.1 Å². The number of hydrogen-bond donors (Lipinski definition) is 1. The standard InChI is InChI=1S/C18H19NOS/c1-13-6-9-15-4-2-3-5-17(15)19(13)18(20)12-14-7-10-16(21)11-8-14/h2-5,7-8,10-11,13,21H,6,9,12H2,1H3. The lowest BCUT2D eigenvalue weighted by Crippen LogP contribution is -2.42. The highest BCUT2D eigenvalue weighted by Gasteiger charge is 2.27. The molecular weight excluding hydrogens is 278 g/mol. The summed E-state index contributed by atoms with van der Waals surface area (Å²) in [5.41, 5.74) is 3.38. The van der Waals surface area contributed by atoms with E-state index in [2.05, 4.69) is 31.7 Å². The van der Waals surface area contributed by atoms with Gasteiger partial charge in [-0.2, -0.15) is 0 Å². The van der Waals surface area contributed by atoms with Gasteiger partial charge in [0, 0.05) is 16.6 Å². The smallest absolute Gasteiger partial charge is 0.231 e. The molecular formula is C18H19NOS. The summed E-state index contributed by atoms with van der Waals surface area (Å²) in [5.74, 6) is 0.168. The fraction of sp³-hybridized carbons (Fsp3) is 0.278. The highest BCUT2D eigenvalue weighted by Crippen LogP contribution is 2.31. The van der Waals surface area contributed by atoms with Crippen LogP contribution in [0.2, 0.25) is 0 Å². The molecule has 1 unspecified atom stereocenters. The number of nitrogens with zero attached hydrogens (tertiary/aromatic N) is 1. The van der Waals surface area contributed by atoms with E-state index in [1.807, 2.05) is 41.3 Å². The summed E-state index contributed by atoms with van der Waals surface area (Å²) in [6.45, 7) is 2.13. The van der Waals surface area contributed by atoms with Gasteiger partial charge in [-0.1, -0.05) is 30.3 Å². The Balaban J connectivity index is 1.85. The van der Waals surface area contributed by atoms with Crippen LogP contribution in [0, 0.1) is 0 Å². The molecule has 0 spiro atoms. The maximum atomic E-state index is 12.7. The molecule has 0 saturated carbocycles. The van der Waals surface area contributed by atoms with E-state index in [1.54, 1.807) is 0 Å². The van der Waals surface area contributed by atoms with Gasteiger partial charge < -0.3 is 4.90 Å². The molecule has 0 aliphatic carbocycles. The molecule has 0 saturated heterocycles. The predicted octanol–water partition coefficient (Wildman–Crippen LogP) is 3.89. The number of anilines is 1. The van der Waals surface area contributed by atoms with E-state index in [4.69, 9.17) is 0 Å². The predicted molar refractivity (Wildman–Crippen MR) is 89.1 cm³/mol. The second-order valence-corrected chi connectivity index (χ2v) is 6.14. The molecule has 3 rings (SSSR count). The Kier molecular flexibility index (Phi) is 4.02. The van der Waals surface area contributed by atoms with Crippen LogP contribution in [0.4, 0.5) is 5.69 Å². The highest BCUT2D eigenvalue weighted by atomic mass is 32.1. The number of aryl methyl sites for hydroxylation is 1. The third-order valence-corrected chi connectivity index (χ3v) is 4.38. The van der Waals surface area contributed by atoms with E-state index in [0.717, 1.165) is 29.0 Å². The fourth-order valence-corrected chi connectivity index (χ4v) is 3.09. The van der Waals surface area contributed by atoms with Crippen molar-refractivity contribution in [2.24, 2.45) is 0 Å². The third kappa shape index (κ3) is 2.98. The zero-order valence-corrected chi connectivity index (χ0v) is 13.0. The summed E-state index contributed by atoms with van der Waals surface area (Å²) in [5, 5.41) is 0. The Hall–Kier alpha value is -1.74. The van der Waals surface area contributed by atoms with Crippen LogP contribution in [0.25, 0.3) is 0 Å². The van der Waals surface area contributed by atoms with Crippen molar-refractivity contribution in [3.8, 4) is 0 Å². The summed E-state index contributed by atoms with van der Waals surface area (Å²) >= 11 is 4.28. The Morgan fingerprint density at radius 2 is 1.90 bits per heavy atom. The van der Waals surface area contributed by atoms with Crippen molar-refractivity contribution in [2.75, 3.05) is 4.90 Å². The van der Waals surface area contributed by atoms with Crippen molar-refractivity contribution in [3.63, 3.8) is 0 Å². The van der Waals surface area contributed by atoms with Crippen LogP contribution in [0.5, 0.6) is 0 Å². The maximum Gasteiger partial charge on any atom is 0.231 e. The zero-order valence-electron chi connectivity index (χ0n) is 12.1. The Morgan fingerprint density at radius 1 is 1.19 bits per heavy atom. The van der Waals surface area contributed by atoms with Gasteiger partial charge in [-0.3, -0.25) is 4.79 Å². The summed E-state index contributed by atoms with van der Waals surface area (Å²) in [7, 11) is 0. The lowest BCUT2D eigenvalue weighted by atomic mass is 9.96. The Bertz CT molecular complexity index is 651. The van der Waals surface area contributed by atoms with Crippen LogP contribution in [-0.4, -0.2) is 11.9 Å². The van der Waals surface area contributed by atoms with Crippen LogP contribution in [-0.2, 0) is 17.6 Å². The number of thiol groups is 1. The van der Waals surface area contributed by atoms with Gasteiger partial charge >= 0.3 is 0 Å². The third-order valence-electron chi connectivity index (χ3n) is 4.08. The summed E-state index contributed by atoms with van der Waals surface area (Å²) in [6.07, 6.45) is 2.51. The van der Waals surface area contributed by atoms with E-state index < -0.39 is 0 Å². The second-order valence-electron chi connectivity index (χ2n) is 5.62. The van der Waals surface area contributed by atoms with Gasteiger partial charge in [0.25, 0.3) is 0 Å². The molecule has 0 aromatic heterocycles. The van der Waals surface area contributed by atoms with Gasteiger partial charge in [-0.15, -0.1) is 12.6 Å². The first-order valence-electron chi connectivity index (χ1n) is 7.33. The summed E-state index contributed by atoms with van der Waals surface area (Å²) < 4.78 is 0. The highest BCUT2D eigenvalue weighted by molar-refractivity contribution is 7.80. The number of fused-ring (bicyclic) bond motifs is 1. The molecule has 1 aliphatic rings. The molecule has 2 aromatic carbocycles. The molecule has 1 amide bonds. The molecule has 21 heavy (non-hydrogen) atoms. The average Bonchev–Trinajstić information content (AvgIpc) is 2.49.